The van der Waals surface area contributed by atoms with E-state index in [1.54, 1.807) is 23.5 Å². The van der Waals surface area contributed by atoms with Crippen molar-refractivity contribution in [3.05, 3.63) is 59.8 Å². The van der Waals surface area contributed by atoms with Gasteiger partial charge in [0.1, 0.15) is 5.82 Å². The second kappa shape index (κ2) is 6.95. The van der Waals surface area contributed by atoms with E-state index in [0.717, 1.165) is 36.7 Å². The van der Waals surface area contributed by atoms with Crippen LogP contribution in [0.25, 0.3) is 10.9 Å². The van der Waals surface area contributed by atoms with Gasteiger partial charge in [-0.25, -0.2) is 9.40 Å². The maximum atomic E-state index is 13.7. The van der Waals surface area contributed by atoms with E-state index < -0.39 is 5.82 Å². The zero-order valence-electron chi connectivity index (χ0n) is 17.4. The molecule has 2 aromatic heterocycles. The molecule has 0 radical (unpaired) electrons. The summed E-state index contributed by atoms with van der Waals surface area (Å²) in [6.45, 7) is 0.768. The number of hydrogen-bond acceptors (Lipinski definition) is 5. The highest BCUT2D eigenvalue weighted by molar-refractivity contribution is 5.83. The minimum Gasteiger partial charge on any atom is -0.273 e. The van der Waals surface area contributed by atoms with Crippen LogP contribution in [-0.4, -0.2) is 31.9 Å². The van der Waals surface area contributed by atoms with E-state index in [9.17, 15) is 9.18 Å². The third-order valence-corrected chi connectivity index (χ3v) is 7.27. The summed E-state index contributed by atoms with van der Waals surface area (Å²) < 4.78 is 15.6. The van der Waals surface area contributed by atoms with Crippen LogP contribution in [0.4, 0.5) is 4.39 Å². The molecule has 3 aromatic rings. The fourth-order valence-corrected chi connectivity index (χ4v) is 5.87. The van der Waals surface area contributed by atoms with Gasteiger partial charge in [0.05, 0.1) is 29.4 Å². The molecule has 0 N–H and O–H groups in total. The number of pyridine rings is 1. The number of hydrazone groups is 1. The normalized spacial score (nSPS) is 28.1. The number of aromatic nitrogens is 3. The van der Waals surface area contributed by atoms with Crippen molar-refractivity contribution in [2.24, 2.45) is 22.4 Å². The van der Waals surface area contributed by atoms with Crippen LogP contribution in [0, 0.1) is 34.4 Å². The molecule has 3 fully saturated rings. The van der Waals surface area contributed by atoms with Gasteiger partial charge in [0, 0.05) is 42.9 Å². The van der Waals surface area contributed by atoms with Gasteiger partial charge in [0.2, 0.25) is 5.91 Å². The number of hydrogen-bond donors (Lipinski definition) is 0. The predicted octanol–water partition coefficient (Wildman–Crippen LogP) is 3.82. The van der Waals surface area contributed by atoms with Crippen LogP contribution in [0.15, 0.2) is 48.0 Å². The minimum absolute atomic E-state index is 0.0293. The lowest BCUT2D eigenvalue weighted by molar-refractivity contribution is -0.138. The van der Waals surface area contributed by atoms with Gasteiger partial charge in [-0.15, -0.1) is 0 Å². The molecule has 1 aromatic carbocycles. The number of halogens is 1. The third kappa shape index (κ3) is 3.00. The Morgan fingerprint density at radius 2 is 2.12 bits per heavy atom. The number of carbonyl (C=O) groups is 1. The van der Waals surface area contributed by atoms with Crippen LogP contribution in [0.2, 0.25) is 0 Å². The Labute approximate surface area is 184 Å². The molecule has 2 bridgehead atoms. The van der Waals surface area contributed by atoms with E-state index in [0.29, 0.717) is 23.5 Å². The summed E-state index contributed by atoms with van der Waals surface area (Å²) in [5.74, 6) is -0.0803. The molecule has 2 atom stereocenters. The molecular formula is C24H21FN6O. The first kappa shape index (κ1) is 19.1. The number of nitrogens with zero attached hydrogens (tertiary/aromatic N) is 6. The molecule has 0 saturated heterocycles. The van der Waals surface area contributed by atoms with E-state index in [1.165, 1.54) is 12.3 Å². The van der Waals surface area contributed by atoms with Crippen molar-refractivity contribution >= 4 is 23.0 Å². The molecular weight excluding hydrogens is 407 g/mol. The van der Waals surface area contributed by atoms with Gasteiger partial charge in [-0.1, -0.05) is 0 Å². The lowest BCUT2D eigenvalue weighted by Crippen LogP contribution is -2.35. The minimum atomic E-state index is -0.405. The first-order valence-corrected chi connectivity index (χ1v) is 10.9. The summed E-state index contributed by atoms with van der Waals surface area (Å²) in [7, 11) is 0. The molecule has 8 heteroatoms. The standard InChI is InChI=1S/C24H21FN6O/c25-19-6-16(11-27-12-19)22-3-4-28-31(22)23(32)20-9-24(7-18(20)8-24)14-30-13-17-5-15(10-26)1-2-21(17)29-30/h1-2,4-6,11-13,18,20,22H,3,7-9,14H2/t18?,20-,22?,24?/m0/s1. The van der Waals surface area contributed by atoms with Gasteiger partial charge in [0.25, 0.3) is 0 Å². The van der Waals surface area contributed by atoms with Crippen LogP contribution in [0.5, 0.6) is 0 Å². The molecule has 3 heterocycles. The van der Waals surface area contributed by atoms with Gasteiger partial charge in [0.15, 0.2) is 0 Å². The maximum absolute atomic E-state index is 13.7. The topological polar surface area (TPSA) is 87.2 Å². The van der Waals surface area contributed by atoms with Crippen molar-refractivity contribution in [1.82, 2.24) is 19.8 Å². The van der Waals surface area contributed by atoms with Crippen LogP contribution >= 0.6 is 0 Å². The number of rotatable bonds is 4. The van der Waals surface area contributed by atoms with Crippen LogP contribution in [0.3, 0.4) is 0 Å². The number of fused-ring (bicyclic) bond motifs is 2. The Hall–Kier alpha value is -3.60. The average molecular weight is 428 g/mol. The maximum Gasteiger partial charge on any atom is 0.246 e. The highest BCUT2D eigenvalue weighted by Gasteiger charge is 2.59. The summed E-state index contributed by atoms with van der Waals surface area (Å²) >= 11 is 0. The average Bonchev–Trinajstić information content (AvgIpc) is 3.54. The molecule has 1 amide bonds. The van der Waals surface area contributed by atoms with Gasteiger partial charge < -0.3 is 0 Å². The summed E-state index contributed by atoms with van der Waals surface area (Å²) in [6, 6.07) is 8.82. The van der Waals surface area contributed by atoms with E-state index >= 15 is 0 Å². The van der Waals surface area contributed by atoms with Crippen LogP contribution in [-0.2, 0) is 11.3 Å². The summed E-state index contributed by atoms with van der Waals surface area (Å²) in [6.07, 6.45) is 9.90. The van der Waals surface area contributed by atoms with Gasteiger partial charge in [-0.2, -0.15) is 15.5 Å². The zero-order chi connectivity index (χ0) is 21.9. The number of amides is 1. The van der Waals surface area contributed by atoms with Crippen LogP contribution < -0.4 is 0 Å². The zero-order valence-corrected chi connectivity index (χ0v) is 17.4. The quantitative estimate of drug-likeness (QED) is 0.632. The molecule has 0 spiro atoms. The van der Waals surface area contributed by atoms with Crippen molar-refractivity contribution in [2.75, 3.05) is 0 Å². The smallest absolute Gasteiger partial charge is 0.246 e. The summed E-state index contributed by atoms with van der Waals surface area (Å²) in [5, 5.41) is 20.6. The predicted molar refractivity (Wildman–Crippen MR) is 115 cm³/mol. The number of carbonyl (C=O) groups excluding carboxylic acids is 1. The second-order valence-corrected chi connectivity index (χ2v) is 9.36. The van der Waals surface area contributed by atoms with Crippen molar-refractivity contribution in [3.8, 4) is 6.07 Å². The lowest BCUT2D eigenvalue weighted by atomic mass is 9.69. The molecule has 7 rings (SSSR count). The lowest BCUT2D eigenvalue weighted by Gasteiger charge is -2.38. The molecule has 1 unspecified atom stereocenters. The first-order valence-electron chi connectivity index (χ1n) is 10.9. The Morgan fingerprint density at radius 3 is 2.94 bits per heavy atom. The second-order valence-electron chi connectivity index (χ2n) is 9.36. The third-order valence-electron chi connectivity index (χ3n) is 7.27. The van der Waals surface area contributed by atoms with E-state index in [-0.39, 0.29) is 23.3 Å². The van der Waals surface area contributed by atoms with Crippen molar-refractivity contribution in [1.29, 1.82) is 5.26 Å². The van der Waals surface area contributed by atoms with Gasteiger partial charge in [-0.05, 0) is 60.4 Å². The largest absolute Gasteiger partial charge is 0.273 e. The Kier molecular flexibility index (Phi) is 4.15. The van der Waals surface area contributed by atoms with Gasteiger partial charge in [-0.3, -0.25) is 14.5 Å². The van der Waals surface area contributed by atoms with Gasteiger partial charge >= 0.3 is 0 Å². The Bertz CT molecular complexity index is 1300. The SMILES string of the molecule is N#Cc1ccc2nn(CC34CC(C3)[C@@H](C(=O)N3N=CCC3c3cncc(F)c3)C4)cc2c1. The Morgan fingerprint density at radius 1 is 1.25 bits per heavy atom. The number of nitriles is 1. The van der Waals surface area contributed by atoms with Crippen molar-refractivity contribution in [3.63, 3.8) is 0 Å². The molecule has 3 saturated carbocycles. The molecule has 32 heavy (non-hydrogen) atoms. The fourth-order valence-electron chi connectivity index (χ4n) is 5.87. The molecule has 1 aliphatic heterocycles. The molecule has 4 aliphatic rings. The summed E-state index contributed by atoms with van der Waals surface area (Å²) in [4.78, 5) is 17.3. The molecule has 3 aliphatic carbocycles. The summed E-state index contributed by atoms with van der Waals surface area (Å²) in [5.41, 5.74) is 2.25. The number of benzene rings is 1. The van der Waals surface area contributed by atoms with Crippen molar-refractivity contribution < 1.29 is 9.18 Å². The molecule has 160 valence electrons. The van der Waals surface area contributed by atoms with E-state index in [2.05, 4.69) is 21.3 Å². The van der Waals surface area contributed by atoms with Crippen molar-refractivity contribution in [2.45, 2.75) is 38.3 Å². The van der Waals surface area contributed by atoms with Crippen LogP contribution in [0.1, 0.15) is 42.9 Å². The van der Waals surface area contributed by atoms with E-state index in [4.69, 9.17) is 5.26 Å². The molecule has 7 nitrogen and oxygen atoms in total. The Balaban J connectivity index is 1.18. The highest BCUT2D eigenvalue weighted by Crippen LogP contribution is 2.63. The fraction of sp³-hybridized carbons (Fsp3) is 0.375. The highest BCUT2D eigenvalue weighted by atomic mass is 19.1. The monoisotopic (exact) mass is 428 g/mol. The van der Waals surface area contributed by atoms with E-state index in [1.807, 2.05) is 23.0 Å². The first-order chi connectivity index (χ1) is 15.5.